The van der Waals surface area contributed by atoms with Crippen molar-refractivity contribution in [2.75, 3.05) is 19.0 Å². The Kier molecular flexibility index (Phi) is 7.94. The third-order valence-electron chi connectivity index (χ3n) is 6.89. The Morgan fingerprint density at radius 3 is 2.56 bits per heavy atom. The number of likely N-dealkylation sites (N-methyl/N-ethyl adjacent to an activating group) is 1. The third kappa shape index (κ3) is 5.87. The molecule has 3 amide bonds. The van der Waals surface area contributed by atoms with E-state index < -0.39 is 0 Å². The third-order valence-corrected chi connectivity index (χ3v) is 6.89. The summed E-state index contributed by atoms with van der Waals surface area (Å²) in [5.74, 6) is -0.0769. The molecule has 1 saturated heterocycles. The number of fused-ring (bicyclic) bond motifs is 2. The van der Waals surface area contributed by atoms with Gasteiger partial charge in [-0.15, -0.1) is 0 Å². The van der Waals surface area contributed by atoms with Crippen molar-refractivity contribution in [2.24, 2.45) is 5.92 Å². The molecule has 1 fully saturated rings. The Morgan fingerprint density at radius 1 is 1.08 bits per heavy atom. The van der Waals surface area contributed by atoms with Crippen LogP contribution in [0.1, 0.15) is 62.0 Å². The number of carbonyl (C=O) groups is 3. The predicted octanol–water partition coefficient (Wildman–Crippen LogP) is 3.93. The molecule has 0 radical (unpaired) electrons. The molecule has 8 heteroatoms. The minimum absolute atomic E-state index is 0.0627. The van der Waals surface area contributed by atoms with Gasteiger partial charge in [0.25, 0.3) is 5.91 Å². The molecule has 2 aliphatic rings. The van der Waals surface area contributed by atoms with Crippen LogP contribution in [0.5, 0.6) is 5.75 Å². The molecule has 0 bridgehead atoms. The molecular weight excluding hydrogens is 458 g/mol. The number of ether oxygens (including phenoxy) is 2. The molecule has 0 aliphatic carbocycles. The fourth-order valence-corrected chi connectivity index (χ4v) is 4.72. The topological polar surface area (TPSA) is 97.0 Å². The molecule has 2 aromatic rings. The summed E-state index contributed by atoms with van der Waals surface area (Å²) in [6.45, 7) is 5.86. The van der Waals surface area contributed by atoms with Crippen LogP contribution >= 0.6 is 0 Å². The van der Waals surface area contributed by atoms with Gasteiger partial charge in [-0.2, -0.15) is 0 Å². The summed E-state index contributed by atoms with van der Waals surface area (Å²) in [4.78, 5) is 39.8. The van der Waals surface area contributed by atoms with Gasteiger partial charge in [-0.25, -0.2) is 0 Å². The number of nitrogens with one attached hydrogen (secondary N) is 2. The highest BCUT2D eigenvalue weighted by molar-refractivity contribution is 6.00. The van der Waals surface area contributed by atoms with Crippen LogP contribution in [0.2, 0.25) is 0 Å². The molecule has 2 aromatic carbocycles. The van der Waals surface area contributed by atoms with Gasteiger partial charge in [-0.1, -0.05) is 44.2 Å². The minimum atomic E-state index is -0.342. The van der Waals surface area contributed by atoms with Crippen molar-refractivity contribution in [1.82, 2.24) is 10.2 Å². The molecule has 0 saturated carbocycles. The minimum Gasteiger partial charge on any atom is -0.490 e. The van der Waals surface area contributed by atoms with Crippen LogP contribution in [0.4, 0.5) is 5.69 Å². The van der Waals surface area contributed by atoms with Crippen LogP contribution in [-0.2, 0) is 14.3 Å². The smallest absolute Gasteiger partial charge is 0.257 e. The predicted molar refractivity (Wildman–Crippen MR) is 137 cm³/mol. The highest BCUT2D eigenvalue weighted by atomic mass is 16.5. The molecule has 4 rings (SSSR count). The Labute approximate surface area is 212 Å². The maximum Gasteiger partial charge on any atom is 0.257 e. The van der Waals surface area contributed by atoms with Crippen molar-refractivity contribution >= 4 is 23.4 Å². The van der Waals surface area contributed by atoms with Crippen LogP contribution < -0.4 is 15.4 Å². The van der Waals surface area contributed by atoms with Crippen molar-refractivity contribution in [2.45, 2.75) is 64.3 Å². The fraction of sp³-hybridized carbons (Fsp3) is 0.464. The number of carbonyl (C=O) groups excluding carboxylic acids is 3. The first kappa shape index (κ1) is 25.7. The number of benzene rings is 2. The van der Waals surface area contributed by atoms with E-state index in [-0.39, 0.29) is 61.0 Å². The highest BCUT2D eigenvalue weighted by Crippen LogP contribution is 2.32. The first-order valence-corrected chi connectivity index (χ1v) is 12.6. The maximum atomic E-state index is 13.3. The molecule has 0 unspecified atom stereocenters. The van der Waals surface area contributed by atoms with Crippen molar-refractivity contribution in [1.29, 1.82) is 0 Å². The fourth-order valence-electron chi connectivity index (χ4n) is 4.72. The number of nitrogens with zero attached hydrogens (tertiary/aromatic N) is 1. The number of anilines is 1. The first-order valence-electron chi connectivity index (χ1n) is 12.6. The van der Waals surface area contributed by atoms with Crippen molar-refractivity contribution in [3.8, 4) is 5.75 Å². The highest BCUT2D eigenvalue weighted by Gasteiger charge is 2.39. The van der Waals surface area contributed by atoms with Gasteiger partial charge in [0.1, 0.15) is 18.5 Å². The molecule has 8 nitrogen and oxygen atoms in total. The molecule has 4 atom stereocenters. The Morgan fingerprint density at radius 2 is 1.83 bits per heavy atom. The zero-order valence-electron chi connectivity index (χ0n) is 21.3. The second-order valence-corrected chi connectivity index (χ2v) is 9.93. The maximum absolute atomic E-state index is 13.3. The summed E-state index contributed by atoms with van der Waals surface area (Å²) in [6, 6.07) is 14.7. The molecular formula is C28H35N3O5. The zero-order valence-corrected chi connectivity index (χ0v) is 21.3. The lowest BCUT2D eigenvalue weighted by Gasteiger charge is -2.42. The van der Waals surface area contributed by atoms with Gasteiger partial charge in [-0.3, -0.25) is 14.4 Å². The van der Waals surface area contributed by atoms with Gasteiger partial charge in [-0.05, 0) is 43.5 Å². The van der Waals surface area contributed by atoms with Crippen LogP contribution in [0.15, 0.2) is 48.5 Å². The van der Waals surface area contributed by atoms with E-state index in [1.807, 2.05) is 51.1 Å². The number of hydrogen-bond donors (Lipinski definition) is 2. The lowest BCUT2D eigenvalue weighted by Crippen LogP contribution is -2.54. The molecule has 0 spiro atoms. The van der Waals surface area contributed by atoms with Gasteiger partial charge in [0.15, 0.2) is 0 Å². The van der Waals surface area contributed by atoms with E-state index in [9.17, 15) is 14.4 Å². The summed E-state index contributed by atoms with van der Waals surface area (Å²) in [7, 11) is 1.77. The molecule has 192 valence electrons. The van der Waals surface area contributed by atoms with E-state index in [4.69, 9.17) is 9.47 Å². The van der Waals surface area contributed by atoms with Gasteiger partial charge in [0.05, 0.1) is 30.2 Å². The lowest BCUT2D eigenvalue weighted by molar-refractivity contribution is -0.134. The van der Waals surface area contributed by atoms with Crippen molar-refractivity contribution < 1.29 is 23.9 Å². The second-order valence-electron chi connectivity index (χ2n) is 9.93. The van der Waals surface area contributed by atoms with Crippen molar-refractivity contribution in [3.05, 3.63) is 59.7 Å². The SMILES string of the molecule is CC(C)C(=O)Nc1ccc2c(c1)C(=O)N(C)[C@H]1CC[C@@H](CC(=O)N[C@@H](C)c3ccccc3)O[C@H]1CO2. The van der Waals surface area contributed by atoms with Crippen LogP contribution in [-0.4, -0.2) is 54.5 Å². The summed E-state index contributed by atoms with van der Waals surface area (Å²) in [5, 5.41) is 5.89. The van der Waals surface area contributed by atoms with Gasteiger partial charge >= 0.3 is 0 Å². The molecule has 0 aromatic heterocycles. The number of amides is 3. The molecule has 36 heavy (non-hydrogen) atoms. The monoisotopic (exact) mass is 493 g/mol. The number of hydrogen-bond acceptors (Lipinski definition) is 5. The first-order chi connectivity index (χ1) is 17.2. The van der Waals surface area contributed by atoms with Gasteiger partial charge < -0.3 is 25.0 Å². The standard InChI is InChI=1S/C28H35N3O5/c1-17(2)27(33)30-20-10-13-24-22(14-20)28(34)31(4)23-12-11-21(36-25(23)16-35-24)15-26(32)29-18(3)19-8-6-5-7-9-19/h5-10,13-14,17-18,21,23,25H,11-12,15-16H2,1-4H3,(H,29,32)(H,30,33)/t18-,21-,23-,25-/m0/s1. The van der Waals surface area contributed by atoms with E-state index in [2.05, 4.69) is 10.6 Å². The van der Waals surface area contributed by atoms with Gasteiger partial charge in [0.2, 0.25) is 11.8 Å². The molecule has 2 N–H and O–H groups in total. The van der Waals surface area contributed by atoms with Crippen LogP contribution in [0, 0.1) is 5.92 Å². The van der Waals surface area contributed by atoms with Gasteiger partial charge in [0, 0.05) is 18.7 Å². The second kappa shape index (κ2) is 11.1. The molecule has 2 aliphatic heterocycles. The zero-order chi connectivity index (χ0) is 25.8. The summed E-state index contributed by atoms with van der Waals surface area (Å²) in [5.41, 5.74) is 2.02. The average Bonchev–Trinajstić information content (AvgIpc) is 2.86. The Bertz CT molecular complexity index is 1100. The van der Waals surface area contributed by atoms with E-state index in [0.717, 1.165) is 5.56 Å². The van der Waals surface area contributed by atoms with E-state index in [1.165, 1.54) is 0 Å². The number of rotatable bonds is 6. The van der Waals surface area contributed by atoms with E-state index >= 15 is 0 Å². The van der Waals surface area contributed by atoms with E-state index in [1.54, 1.807) is 30.1 Å². The normalized spacial score (nSPS) is 22.4. The Balaban J connectivity index is 1.40. The summed E-state index contributed by atoms with van der Waals surface area (Å²) in [6.07, 6.45) is 1.05. The van der Waals surface area contributed by atoms with Crippen LogP contribution in [0.25, 0.3) is 0 Å². The summed E-state index contributed by atoms with van der Waals surface area (Å²) < 4.78 is 12.3. The molecule has 2 heterocycles. The van der Waals surface area contributed by atoms with Crippen molar-refractivity contribution in [3.63, 3.8) is 0 Å². The largest absolute Gasteiger partial charge is 0.490 e. The summed E-state index contributed by atoms with van der Waals surface area (Å²) >= 11 is 0. The lowest BCUT2D eigenvalue weighted by atomic mass is 9.94. The van der Waals surface area contributed by atoms with E-state index in [0.29, 0.717) is 29.8 Å². The Hall–Kier alpha value is -3.39. The average molecular weight is 494 g/mol. The quantitative estimate of drug-likeness (QED) is 0.636. The van der Waals surface area contributed by atoms with Crippen LogP contribution in [0.3, 0.4) is 0 Å².